The second kappa shape index (κ2) is 4.70. The van der Waals surface area contributed by atoms with E-state index < -0.39 is 0 Å². The Morgan fingerprint density at radius 2 is 2.25 bits per heavy atom. The standard InChI is InChI=1S/C12H13BrN2O/c1-9-7-10(3-4-11(9)13)16-8-12-14-5-6-15(12)2/h3-7H,8H2,1-2H3. The van der Waals surface area contributed by atoms with Gasteiger partial charge in [0.2, 0.25) is 0 Å². The summed E-state index contributed by atoms with van der Waals surface area (Å²) >= 11 is 3.46. The molecule has 0 bridgehead atoms. The summed E-state index contributed by atoms with van der Waals surface area (Å²) in [5, 5.41) is 0. The van der Waals surface area contributed by atoms with E-state index >= 15 is 0 Å². The third kappa shape index (κ3) is 2.44. The van der Waals surface area contributed by atoms with E-state index in [1.54, 1.807) is 6.20 Å². The number of rotatable bonds is 3. The second-order valence-corrected chi connectivity index (χ2v) is 4.51. The van der Waals surface area contributed by atoms with Gasteiger partial charge in [0.1, 0.15) is 18.2 Å². The van der Waals surface area contributed by atoms with Gasteiger partial charge in [-0.15, -0.1) is 0 Å². The number of nitrogens with zero attached hydrogens (tertiary/aromatic N) is 2. The maximum atomic E-state index is 5.66. The molecular formula is C12H13BrN2O. The molecule has 0 N–H and O–H groups in total. The smallest absolute Gasteiger partial charge is 0.146 e. The Morgan fingerprint density at radius 1 is 1.44 bits per heavy atom. The van der Waals surface area contributed by atoms with E-state index in [0.29, 0.717) is 6.61 Å². The Hall–Kier alpha value is -1.29. The fourth-order valence-electron chi connectivity index (χ4n) is 1.39. The summed E-state index contributed by atoms with van der Waals surface area (Å²) in [6.45, 7) is 2.53. The largest absolute Gasteiger partial charge is 0.486 e. The molecule has 3 nitrogen and oxygen atoms in total. The number of aryl methyl sites for hydroxylation is 2. The van der Waals surface area contributed by atoms with Gasteiger partial charge in [0, 0.05) is 23.9 Å². The van der Waals surface area contributed by atoms with Crippen LogP contribution in [0.15, 0.2) is 35.1 Å². The molecule has 0 aliphatic heterocycles. The first kappa shape index (κ1) is 11.2. The average molecular weight is 281 g/mol. The van der Waals surface area contributed by atoms with Crippen LogP contribution in [-0.2, 0) is 13.7 Å². The van der Waals surface area contributed by atoms with Crippen molar-refractivity contribution in [1.82, 2.24) is 9.55 Å². The summed E-state index contributed by atoms with van der Waals surface area (Å²) in [5.74, 6) is 1.78. The van der Waals surface area contributed by atoms with Gasteiger partial charge < -0.3 is 9.30 Å². The lowest BCUT2D eigenvalue weighted by molar-refractivity contribution is 0.291. The minimum absolute atomic E-state index is 0.491. The minimum Gasteiger partial charge on any atom is -0.486 e. The van der Waals surface area contributed by atoms with Gasteiger partial charge in [-0.25, -0.2) is 4.98 Å². The topological polar surface area (TPSA) is 27.1 Å². The van der Waals surface area contributed by atoms with Crippen LogP contribution in [0.2, 0.25) is 0 Å². The number of imidazole rings is 1. The van der Waals surface area contributed by atoms with E-state index in [-0.39, 0.29) is 0 Å². The van der Waals surface area contributed by atoms with Crippen LogP contribution in [0, 0.1) is 6.92 Å². The molecule has 1 heterocycles. The van der Waals surface area contributed by atoms with Gasteiger partial charge in [0.15, 0.2) is 0 Å². The summed E-state index contributed by atoms with van der Waals surface area (Å²) < 4.78 is 8.71. The average Bonchev–Trinajstić information content (AvgIpc) is 2.66. The summed E-state index contributed by atoms with van der Waals surface area (Å²) in [7, 11) is 1.96. The highest BCUT2D eigenvalue weighted by molar-refractivity contribution is 9.10. The maximum absolute atomic E-state index is 5.66. The Kier molecular flexibility index (Phi) is 3.29. The van der Waals surface area contributed by atoms with Crippen LogP contribution in [0.4, 0.5) is 0 Å². The molecule has 0 saturated heterocycles. The van der Waals surface area contributed by atoms with Crippen LogP contribution in [0.1, 0.15) is 11.4 Å². The maximum Gasteiger partial charge on any atom is 0.146 e. The van der Waals surface area contributed by atoms with E-state index in [1.165, 1.54) is 0 Å². The predicted molar refractivity (Wildman–Crippen MR) is 66.4 cm³/mol. The number of hydrogen-bond donors (Lipinski definition) is 0. The summed E-state index contributed by atoms with van der Waals surface area (Å²) in [6, 6.07) is 5.94. The van der Waals surface area contributed by atoms with Gasteiger partial charge in [-0.05, 0) is 30.7 Å². The first-order valence-corrected chi connectivity index (χ1v) is 5.81. The number of ether oxygens (including phenoxy) is 1. The van der Waals surface area contributed by atoms with Crippen molar-refractivity contribution in [1.29, 1.82) is 0 Å². The zero-order chi connectivity index (χ0) is 11.5. The Bertz CT molecular complexity index is 494. The molecule has 0 fully saturated rings. The molecule has 2 rings (SSSR count). The molecule has 0 saturated carbocycles. The molecule has 84 valence electrons. The molecule has 16 heavy (non-hydrogen) atoms. The predicted octanol–water partition coefficient (Wildman–Crippen LogP) is 3.07. The number of aromatic nitrogens is 2. The van der Waals surface area contributed by atoms with Crippen molar-refractivity contribution in [3.05, 3.63) is 46.5 Å². The Balaban J connectivity index is 2.05. The van der Waals surface area contributed by atoms with Crippen LogP contribution in [0.5, 0.6) is 5.75 Å². The third-order valence-corrected chi connectivity index (χ3v) is 3.31. The molecule has 1 aromatic carbocycles. The normalized spacial score (nSPS) is 10.4. The zero-order valence-corrected chi connectivity index (χ0v) is 10.9. The zero-order valence-electron chi connectivity index (χ0n) is 9.27. The summed E-state index contributed by atoms with van der Waals surface area (Å²) in [6.07, 6.45) is 3.68. The van der Waals surface area contributed by atoms with E-state index in [1.807, 2.05) is 42.9 Å². The first-order valence-electron chi connectivity index (χ1n) is 5.02. The lowest BCUT2D eigenvalue weighted by Crippen LogP contribution is -2.02. The highest BCUT2D eigenvalue weighted by Crippen LogP contribution is 2.22. The van der Waals surface area contributed by atoms with Gasteiger partial charge >= 0.3 is 0 Å². The lowest BCUT2D eigenvalue weighted by Gasteiger charge is -2.07. The van der Waals surface area contributed by atoms with E-state index in [9.17, 15) is 0 Å². The van der Waals surface area contributed by atoms with E-state index in [4.69, 9.17) is 4.74 Å². The van der Waals surface area contributed by atoms with E-state index in [0.717, 1.165) is 21.6 Å². The van der Waals surface area contributed by atoms with Gasteiger partial charge in [0.25, 0.3) is 0 Å². The van der Waals surface area contributed by atoms with Crippen LogP contribution in [-0.4, -0.2) is 9.55 Å². The molecule has 1 aromatic heterocycles. The summed E-state index contributed by atoms with van der Waals surface area (Å²) in [5.41, 5.74) is 1.16. The van der Waals surface area contributed by atoms with Crippen molar-refractivity contribution in [3.63, 3.8) is 0 Å². The molecule has 0 unspecified atom stereocenters. The molecule has 0 amide bonds. The Labute approximate surface area is 103 Å². The van der Waals surface area contributed by atoms with Gasteiger partial charge in [-0.2, -0.15) is 0 Å². The lowest BCUT2D eigenvalue weighted by atomic mass is 10.2. The van der Waals surface area contributed by atoms with Crippen LogP contribution in [0.25, 0.3) is 0 Å². The minimum atomic E-state index is 0.491. The molecule has 0 aliphatic carbocycles. The fourth-order valence-corrected chi connectivity index (χ4v) is 1.64. The molecule has 0 atom stereocenters. The monoisotopic (exact) mass is 280 g/mol. The second-order valence-electron chi connectivity index (χ2n) is 3.65. The van der Waals surface area contributed by atoms with Crippen molar-refractivity contribution in [3.8, 4) is 5.75 Å². The van der Waals surface area contributed by atoms with Crippen molar-refractivity contribution in [2.75, 3.05) is 0 Å². The highest BCUT2D eigenvalue weighted by atomic mass is 79.9. The molecule has 0 aliphatic rings. The van der Waals surface area contributed by atoms with Gasteiger partial charge in [-0.1, -0.05) is 15.9 Å². The molecule has 2 aromatic rings. The number of hydrogen-bond acceptors (Lipinski definition) is 2. The molecule has 0 spiro atoms. The SMILES string of the molecule is Cc1cc(OCc2nccn2C)ccc1Br. The van der Waals surface area contributed by atoms with Crippen LogP contribution in [0.3, 0.4) is 0 Å². The molecule has 4 heteroatoms. The van der Waals surface area contributed by atoms with Gasteiger partial charge in [-0.3, -0.25) is 0 Å². The highest BCUT2D eigenvalue weighted by Gasteiger charge is 2.02. The quantitative estimate of drug-likeness (QED) is 0.864. The molecular weight excluding hydrogens is 268 g/mol. The third-order valence-electron chi connectivity index (χ3n) is 2.42. The van der Waals surface area contributed by atoms with Gasteiger partial charge in [0.05, 0.1) is 0 Å². The number of halogens is 1. The molecule has 0 radical (unpaired) electrons. The van der Waals surface area contributed by atoms with Crippen LogP contribution >= 0.6 is 15.9 Å². The number of benzene rings is 1. The Morgan fingerprint density at radius 3 is 2.88 bits per heavy atom. The van der Waals surface area contributed by atoms with Crippen molar-refractivity contribution in [2.24, 2.45) is 7.05 Å². The van der Waals surface area contributed by atoms with Crippen molar-refractivity contribution in [2.45, 2.75) is 13.5 Å². The van der Waals surface area contributed by atoms with Crippen molar-refractivity contribution < 1.29 is 4.74 Å². The van der Waals surface area contributed by atoms with E-state index in [2.05, 4.69) is 20.9 Å². The van der Waals surface area contributed by atoms with Crippen LogP contribution < -0.4 is 4.74 Å². The van der Waals surface area contributed by atoms with Crippen molar-refractivity contribution >= 4 is 15.9 Å². The summed E-state index contributed by atoms with van der Waals surface area (Å²) in [4.78, 5) is 4.20. The first-order chi connectivity index (χ1) is 7.66. The fraction of sp³-hybridized carbons (Fsp3) is 0.250.